The number of hydrogen-bond donors (Lipinski definition) is 1. The van der Waals surface area contributed by atoms with Crippen LogP contribution in [0.4, 0.5) is 10.6 Å². The maximum absolute atomic E-state index is 12.1. The first-order chi connectivity index (χ1) is 9.95. The molecule has 1 N–H and O–H groups in total. The lowest BCUT2D eigenvalue weighted by molar-refractivity contribution is 0.218. The highest BCUT2D eigenvalue weighted by molar-refractivity contribution is 5.88. The predicted molar refractivity (Wildman–Crippen MR) is 76.6 cm³/mol. The highest BCUT2D eigenvalue weighted by atomic mass is 16.5. The van der Waals surface area contributed by atoms with Gasteiger partial charge in [0.05, 0.1) is 12.7 Å². The van der Waals surface area contributed by atoms with E-state index in [9.17, 15) is 4.79 Å². The summed E-state index contributed by atoms with van der Waals surface area (Å²) in [4.78, 5) is 17.7. The summed E-state index contributed by atoms with van der Waals surface area (Å²) in [7, 11) is 1.67. The van der Waals surface area contributed by atoms with Crippen LogP contribution in [-0.4, -0.2) is 37.9 Å². The Morgan fingerprint density at radius 3 is 2.90 bits per heavy atom. The Hall–Kier alpha value is -2.38. The first kappa shape index (κ1) is 15.0. The van der Waals surface area contributed by atoms with Gasteiger partial charge in [0, 0.05) is 26.6 Å². The molecule has 2 amide bonds. The molecule has 2 rings (SSSR count). The van der Waals surface area contributed by atoms with Crippen molar-refractivity contribution in [2.45, 2.75) is 33.9 Å². The van der Waals surface area contributed by atoms with Gasteiger partial charge in [-0.15, -0.1) is 0 Å². The van der Waals surface area contributed by atoms with Crippen LogP contribution in [-0.2, 0) is 13.1 Å². The van der Waals surface area contributed by atoms with E-state index in [2.05, 4.69) is 34.4 Å². The van der Waals surface area contributed by atoms with E-state index in [0.717, 1.165) is 6.54 Å². The first-order valence-corrected chi connectivity index (χ1v) is 6.79. The van der Waals surface area contributed by atoms with Crippen LogP contribution in [0.15, 0.2) is 16.8 Å². The average Bonchev–Trinajstić information content (AvgIpc) is 2.99. The zero-order valence-corrected chi connectivity index (χ0v) is 12.7. The number of carbonyl (C=O) groups is 1. The van der Waals surface area contributed by atoms with E-state index < -0.39 is 0 Å². The molecule has 0 bridgehead atoms. The number of rotatable bonds is 5. The fourth-order valence-electron chi connectivity index (χ4n) is 1.82. The van der Waals surface area contributed by atoms with Gasteiger partial charge in [0.15, 0.2) is 5.82 Å². The Bertz CT molecular complexity index is 603. The van der Waals surface area contributed by atoms with Crippen molar-refractivity contribution in [1.82, 2.24) is 24.8 Å². The summed E-state index contributed by atoms with van der Waals surface area (Å²) in [5.41, 5.74) is 0. The van der Waals surface area contributed by atoms with E-state index in [1.807, 2.05) is 0 Å². The fraction of sp³-hybridized carbons (Fsp3) is 0.538. The van der Waals surface area contributed by atoms with Crippen molar-refractivity contribution < 1.29 is 9.32 Å². The van der Waals surface area contributed by atoms with Gasteiger partial charge in [0.1, 0.15) is 5.82 Å². The van der Waals surface area contributed by atoms with Crippen molar-refractivity contribution in [3.63, 3.8) is 0 Å². The van der Waals surface area contributed by atoms with E-state index in [0.29, 0.717) is 23.5 Å². The van der Waals surface area contributed by atoms with Gasteiger partial charge in [-0.2, -0.15) is 10.1 Å². The number of aromatic nitrogens is 4. The van der Waals surface area contributed by atoms with Gasteiger partial charge in [0.2, 0.25) is 5.89 Å². The molecule has 8 nitrogen and oxygen atoms in total. The number of nitrogens with one attached hydrogen (secondary N) is 1. The highest BCUT2D eigenvalue weighted by Crippen LogP contribution is 2.10. The average molecular weight is 292 g/mol. The van der Waals surface area contributed by atoms with E-state index in [1.165, 1.54) is 4.90 Å². The van der Waals surface area contributed by atoms with Gasteiger partial charge < -0.3 is 9.42 Å². The van der Waals surface area contributed by atoms with Gasteiger partial charge in [-0.3, -0.25) is 5.32 Å². The Balaban J connectivity index is 1.96. The zero-order chi connectivity index (χ0) is 15.4. The van der Waals surface area contributed by atoms with Crippen LogP contribution >= 0.6 is 0 Å². The van der Waals surface area contributed by atoms with Crippen molar-refractivity contribution in [3.05, 3.63) is 24.0 Å². The molecule has 0 saturated carbocycles. The number of hydrogen-bond acceptors (Lipinski definition) is 5. The normalized spacial score (nSPS) is 10.9. The number of nitrogens with zero attached hydrogens (tertiary/aromatic N) is 5. The van der Waals surface area contributed by atoms with Crippen molar-refractivity contribution in [3.8, 4) is 0 Å². The summed E-state index contributed by atoms with van der Waals surface area (Å²) < 4.78 is 6.65. The Labute approximate surface area is 123 Å². The Morgan fingerprint density at radius 2 is 2.29 bits per heavy atom. The van der Waals surface area contributed by atoms with Crippen LogP contribution in [0.1, 0.15) is 25.6 Å². The molecule has 0 atom stereocenters. The molecule has 8 heteroatoms. The number of amides is 2. The minimum absolute atomic E-state index is 0.247. The second kappa shape index (κ2) is 6.38. The lowest BCUT2D eigenvalue weighted by Crippen LogP contribution is -2.32. The number of anilines is 1. The topological polar surface area (TPSA) is 89.1 Å². The van der Waals surface area contributed by atoms with E-state index in [-0.39, 0.29) is 12.6 Å². The van der Waals surface area contributed by atoms with Crippen LogP contribution in [0.3, 0.4) is 0 Å². The SMILES string of the molecule is Cc1nc(CN(C)C(=O)Nc2ccnn2CC(C)C)no1. The van der Waals surface area contributed by atoms with Crippen molar-refractivity contribution in [2.75, 3.05) is 12.4 Å². The monoisotopic (exact) mass is 292 g/mol. The quantitative estimate of drug-likeness (QED) is 0.909. The first-order valence-electron chi connectivity index (χ1n) is 6.79. The Morgan fingerprint density at radius 1 is 1.52 bits per heavy atom. The van der Waals surface area contributed by atoms with Crippen LogP contribution < -0.4 is 5.32 Å². The number of urea groups is 1. The van der Waals surface area contributed by atoms with E-state index >= 15 is 0 Å². The largest absolute Gasteiger partial charge is 0.340 e. The third kappa shape index (κ3) is 4.04. The second-order valence-corrected chi connectivity index (χ2v) is 5.31. The molecule has 0 aliphatic rings. The fourth-order valence-corrected chi connectivity index (χ4v) is 1.82. The maximum Gasteiger partial charge on any atom is 0.323 e. The second-order valence-electron chi connectivity index (χ2n) is 5.31. The summed E-state index contributed by atoms with van der Waals surface area (Å²) in [5.74, 6) is 2.07. The van der Waals surface area contributed by atoms with Gasteiger partial charge in [-0.25, -0.2) is 9.48 Å². The van der Waals surface area contributed by atoms with Gasteiger partial charge in [-0.1, -0.05) is 19.0 Å². The predicted octanol–water partition coefficient (Wildman–Crippen LogP) is 1.89. The summed E-state index contributed by atoms with van der Waals surface area (Å²) in [6.07, 6.45) is 1.67. The van der Waals surface area contributed by atoms with Crippen LogP contribution in [0, 0.1) is 12.8 Å². The molecule has 114 valence electrons. The lowest BCUT2D eigenvalue weighted by Gasteiger charge is -2.17. The summed E-state index contributed by atoms with van der Waals surface area (Å²) >= 11 is 0. The van der Waals surface area contributed by atoms with Gasteiger partial charge in [-0.05, 0) is 5.92 Å². The molecule has 0 fully saturated rings. The molecule has 0 aromatic carbocycles. The third-order valence-electron chi connectivity index (χ3n) is 2.78. The highest BCUT2D eigenvalue weighted by Gasteiger charge is 2.14. The van der Waals surface area contributed by atoms with Crippen molar-refractivity contribution >= 4 is 11.8 Å². The third-order valence-corrected chi connectivity index (χ3v) is 2.78. The molecule has 0 radical (unpaired) electrons. The summed E-state index contributed by atoms with van der Waals surface area (Å²) in [5, 5.41) is 10.8. The molecule has 0 aliphatic carbocycles. The molecule has 2 aromatic rings. The minimum atomic E-state index is -0.247. The zero-order valence-electron chi connectivity index (χ0n) is 12.7. The van der Waals surface area contributed by atoms with Crippen LogP contribution in [0.25, 0.3) is 0 Å². The number of aryl methyl sites for hydroxylation is 1. The summed E-state index contributed by atoms with van der Waals surface area (Å²) in [6.45, 7) is 6.93. The number of carbonyl (C=O) groups excluding carboxylic acids is 1. The molecule has 0 aliphatic heterocycles. The van der Waals surface area contributed by atoms with Crippen molar-refractivity contribution in [2.24, 2.45) is 5.92 Å². The minimum Gasteiger partial charge on any atom is -0.340 e. The van der Waals surface area contributed by atoms with Gasteiger partial charge >= 0.3 is 6.03 Å². The molecule has 21 heavy (non-hydrogen) atoms. The molecule has 0 spiro atoms. The van der Waals surface area contributed by atoms with Crippen LogP contribution in [0.2, 0.25) is 0 Å². The van der Waals surface area contributed by atoms with Crippen molar-refractivity contribution in [1.29, 1.82) is 0 Å². The molecule has 0 saturated heterocycles. The van der Waals surface area contributed by atoms with Gasteiger partial charge in [0.25, 0.3) is 0 Å². The molecular weight excluding hydrogens is 272 g/mol. The van der Waals surface area contributed by atoms with E-state index in [1.54, 1.807) is 30.9 Å². The lowest BCUT2D eigenvalue weighted by atomic mass is 10.2. The molecular formula is C13H20N6O2. The molecule has 2 heterocycles. The maximum atomic E-state index is 12.1. The standard InChI is InChI=1S/C13H20N6O2/c1-9(2)7-19-12(5-6-14-19)16-13(20)18(4)8-11-15-10(3)21-17-11/h5-6,9H,7-8H2,1-4H3,(H,16,20). The molecule has 2 aromatic heterocycles. The van der Waals surface area contributed by atoms with Crippen LogP contribution in [0.5, 0.6) is 0 Å². The Kier molecular flexibility index (Phi) is 4.56. The summed E-state index contributed by atoms with van der Waals surface area (Å²) in [6, 6.07) is 1.52. The molecule has 0 unspecified atom stereocenters. The van der Waals surface area contributed by atoms with E-state index in [4.69, 9.17) is 4.52 Å². The smallest absolute Gasteiger partial charge is 0.323 e.